The molecule has 1 heterocycles. The van der Waals surface area contributed by atoms with Gasteiger partial charge in [0.25, 0.3) is 5.91 Å². The van der Waals surface area contributed by atoms with Crippen molar-refractivity contribution >= 4 is 15.9 Å². The number of piperazine rings is 1. The number of sulfonamides is 1. The molecule has 0 radical (unpaired) electrons. The number of carbonyl (C=O) groups is 1. The minimum atomic E-state index is -3.72. The van der Waals surface area contributed by atoms with Crippen LogP contribution in [0.25, 0.3) is 0 Å². The van der Waals surface area contributed by atoms with Crippen molar-refractivity contribution in [3.8, 4) is 0 Å². The number of amides is 1. The van der Waals surface area contributed by atoms with Gasteiger partial charge in [0.15, 0.2) is 0 Å². The first kappa shape index (κ1) is 19.8. The second-order valence-corrected chi connectivity index (χ2v) is 7.63. The molecule has 1 fully saturated rings. The number of aliphatic hydroxyl groups is 1. The minimum absolute atomic E-state index is 0.0451. The van der Waals surface area contributed by atoms with Crippen LogP contribution in [0.5, 0.6) is 0 Å². The fourth-order valence-corrected chi connectivity index (χ4v) is 3.65. The number of nitrogens with one attached hydrogen (secondary N) is 2. The molecular weight excluding hydrogens is 346 g/mol. The summed E-state index contributed by atoms with van der Waals surface area (Å²) in [5.41, 5.74) is 0.355. The molecule has 2 rings (SSSR count). The number of ether oxygens (including phenoxy) is 1. The number of rotatable bonds is 8. The Morgan fingerprint density at radius 3 is 2.96 bits per heavy atom. The number of carbonyl (C=O) groups excluding carboxylic acids is 1. The maximum Gasteiger partial charge on any atom is 0.253 e. The topological polar surface area (TPSA) is 108 Å². The number of aliphatic hydroxyl groups excluding tert-OH is 1. The molecule has 9 heteroatoms. The first-order valence-electron chi connectivity index (χ1n) is 8.25. The molecule has 140 valence electrons. The highest BCUT2D eigenvalue weighted by Crippen LogP contribution is 2.14. The predicted octanol–water partition coefficient (Wildman–Crippen LogP) is -0.592. The van der Waals surface area contributed by atoms with Gasteiger partial charge in [-0.25, -0.2) is 13.1 Å². The molecule has 0 bridgehead atoms. The van der Waals surface area contributed by atoms with E-state index in [4.69, 9.17) is 9.84 Å². The van der Waals surface area contributed by atoms with E-state index in [1.54, 1.807) is 17.0 Å². The lowest BCUT2D eigenvalue weighted by atomic mass is 10.1. The minimum Gasteiger partial charge on any atom is -0.394 e. The quantitative estimate of drug-likeness (QED) is 0.527. The van der Waals surface area contributed by atoms with Crippen LogP contribution in [0.15, 0.2) is 29.2 Å². The summed E-state index contributed by atoms with van der Waals surface area (Å²) < 4.78 is 32.1. The second-order valence-electron chi connectivity index (χ2n) is 5.87. The van der Waals surface area contributed by atoms with Gasteiger partial charge in [-0.15, -0.1) is 0 Å². The van der Waals surface area contributed by atoms with Gasteiger partial charge >= 0.3 is 0 Å². The normalized spacial score (nSPS) is 18.3. The van der Waals surface area contributed by atoms with Gasteiger partial charge in [-0.2, -0.15) is 0 Å². The zero-order valence-electron chi connectivity index (χ0n) is 14.3. The summed E-state index contributed by atoms with van der Waals surface area (Å²) in [5, 5.41) is 11.9. The van der Waals surface area contributed by atoms with Crippen molar-refractivity contribution < 1.29 is 23.1 Å². The van der Waals surface area contributed by atoms with E-state index < -0.39 is 10.0 Å². The predicted molar refractivity (Wildman–Crippen MR) is 92.9 cm³/mol. The van der Waals surface area contributed by atoms with E-state index in [2.05, 4.69) is 10.0 Å². The molecule has 25 heavy (non-hydrogen) atoms. The molecule has 1 aromatic rings. The average Bonchev–Trinajstić information content (AvgIpc) is 2.61. The smallest absolute Gasteiger partial charge is 0.253 e. The monoisotopic (exact) mass is 371 g/mol. The summed E-state index contributed by atoms with van der Waals surface area (Å²) in [6.45, 7) is 4.23. The fraction of sp³-hybridized carbons (Fsp3) is 0.562. The zero-order chi connectivity index (χ0) is 18.3. The van der Waals surface area contributed by atoms with Crippen molar-refractivity contribution in [3.05, 3.63) is 29.8 Å². The summed E-state index contributed by atoms with van der Waals surface area (Å²) in [6.07, 6.45) is 0. The Morgan fingerprint density at radius 2 is 2.24 bits per heavy atom. The molecule has 1 amide bonds. The van der Waals surface area contributed by atoms with E-state index in [-0.39, 0.29) is 43.2 Å². The molecule has 1 saturated heterocycles. The second kappa shape index (κ2) is 9.25. The van der Waals surface area contributed by atoms with Crippen LogP contribution in [0.3, 0.4) is 0 Å². The standard InChI is InChI=1S/C16H25N3O5S/c1-13-12-19(7-5-17-13)16(21)14-3-2-4-15(11-14)25(22,23)18-6-9-24-10-8-20/h2-4,11,13,17-18,20H,5-10,12H2,1H3/t13-/m0/s1. The van der Waals surface area contributed by atoms with Crippen LogP contribution in [0, 0.1) is 0 Å². The first-order valence-corrected chi connectivity index (χ1v) is 9.73. The Balaban J connectivity index is 2.03. The Morgan fingerprint density at radius 1 is 1.44 bits per heavy atom. The van der Waals surface area contributed by atoms with Crippen LogP contribution in [0.4, 0.5) is 0 Å². The Labute approximate surface area is 148 Å². The molecular formula is C16H25N3O5S. The van der Waals surface area contributed by atoms with E-state index in [0.29, 0.717) is 18.7 Å². The highest BCUT2D eigenvalue weighted by Gasteiger charge is 2.23. The lowest BCUT2D eigenvalue weighted by Gasteiger charge is -2.32. The molecule has 1 aliphatic rings. The highest BCUT2D eigenvalue weighted by molar-refractivity contribution is 7.89. The number of benzene rings is 1. The summed E-state index contributed by atoms with van der Waals surface area (Å²) in [5.74, 6) is -0.170. The third-order valence-corrected chi connectivity index (χ3v) is 5.28. The summed E-state index contributed by atoms with van der Waals surface area (Å²) in [6, 6.07) is 6.25. The van der Waals surface area contributed by atoms with E-state index >= 15 is 0 Å². The Kier molecular flexibility index (Phi) is 7.33. The molecule has 0 saturated carbocycles. The van der Waals surface area contributed by atoms with Gasteiger partial charge in [0.05, 0.1) is 24.7 Å². The van der Waals surface area contributed by atoms with Crippen LogP contribution in [0.2, 0.25) is 0 Å². The van der Waals surface area contributed by atoms with Gasteiger partial charge < -0.3 is 20.1 Å². The van der Waals surface area contributed by atoms with Crippen molar-refractivity contribution in [2.75, 3.05) is 46.0 Å². The van der Waals surface area contributed by atoms with Crippen LogP contribution >= 0.6 is 0 Å². The number of hydrogen-bond acceptors (Lipinski definition) is 6. The number of hydrogen-bond donors (Lipinski definition) is 3. The molecule has 1 atom stereocenters. The molecule has 1 aliphatic heterocycles. The molecule has 0 unspecified atom stereocenters. The van der Waals surface area contributed by atoms with Gasteiger partial charge in [0.1, 0.15) is 0 Å². The van der Waals surface area contributed by atoms with Crippen LogP contribution in [0.1, 0.15) is 17.3 Å². The summed E-state index contributed by atoms with van der Waals surface area (Å²) in [4.78, 5) is 14.4. The van der Waals surface area contributed by atoms with Crippen molar-refractivity contribution in [1.29, 1.82) is 0 Å². The van der Waals surface area contributed by atoms with Gasteiger partial charge in [0, 0.05) is 37.8 Å². The SMILES string of the molecule is C[C@H]1CN(C(=O)c2cccc(S(=O)(=O)NCCOCCO)c2)CCN1. The maximum absolute atomic E-state index is 12.6. The van der Waals surface area contributed by atoms with Crippen LogP contribution < -0.4 is 10.0 Å². The lowest BCUT2D eigenvalue weighted by Crippen LogP contribution is -2.51. The van der Waals surface area contributed by atoms with E-state index in [1.165, 1.54) is 12.1 Å². The van der Waals surface area contributed by atoms with Crippen LogP contribution in [-0.4, -0.2) is 76.4 Å². The molecule has 1 aromatic carbocycles. The van der Waals surface area contributed by atoms with Gasteiger partial charge in [-0.1, -0.05) is 6.07 Å². The first-order chi connectivity index (χ1) is 11.9. The highest BCUT2D eigenvalue weighted by atomic mass is 32.2. The lowest BCUT2D eigenvalue weighted by molar-refractivity contribution is 0.0709. The molecule has 8 nitrogen and oxygen atoms in total. The molecule has 0 spiro atoms. The van der Waals surface area contributed by atoms with Crippen molar-refractivity contribution in [2.45, 2.75) is 17.9 Å². The summed E-state index contributed by atoms with van der Waals surface area (Å²) in [7, 11) is -3.72. The third kappa shape index (κ3) is 5.75. The van der Waals surface area contributed by atoms with Gasteiger partial charge in [0.2, 0.25) is 10.0 Å². The van der Waals surface area contributed by atoms with E-state index in [1.807, 2.05) is 6.92 Å². The Hall–Kier alpha value is -1.52. The fourth-order valence-electron chi connectivity index (χ4n) is 2.59. The van der Waals surface area contributed by atoms with Gasteiger partial charge in [-0.05, 0) is 25.1 Å². The van der Waals surface area contributed by atoms with Crippen molar-refractivity contribution in [1.82, 2.24) is 14.9 Å². The van der Waals surface area contributed by atoms with E-state index in [0.717, 1.165) is 6.54 Å². The zero-order valence-corrected chi connectivity index (χ0v) is 15.1. The Bertz CT molecular complexity index is 680. The van der Waals surface area contributed by atoms with Crippen molar-refractivity contribution in [3.63, 3.8) is 0 Å². The largest absolute Gasteiger partial charge is 0.394 e. The summed E-state index contributed by atoms with van der Waals surface area (Å²) >= 11 is 0. The van der Waals surface area contributed by atoms with Crippen molar-refractivity contribution in [2.24, 2.45) is 0 Å². The average molecular weight is 371 g/mol. The third-order valence-electron chi connectivity index (χ3n) is 3.82. The number of nitrogens with zero attached hydrogens (tertiary/aromatic N) is 1. The molecule has 0 aromatic heterocycles. The molecule has 3 N–H and O–H groups in total. The van der Waals surface area contributed by atoms with E-state index in [9.17, 15) is 13.2 Å². The van der Waals surface area contributed by atoms with Gasteiger partial charge in [-0.3, -0.25) is 4.79 Å². The van der Waals surface area contributed by atoms with Crippen LogP contribution in [-0.2, 0) is 14.8 Å². The molecule has 0 aliphatic carbocycles. The maximum atomic E-state index is 12.6.